The first-order chi connectivity index (χ1) is 18.9. The van der Waals surface area contributed by atoms with Crippen molar-refractivity contribution in [3.8, 4) is 18.2 Å². The Morgan fingerprint density at radius 3 is 2.17 bits per heavy atom. The molecule has 0 spiro atoms. The third-order valence-corrected chi connectivity index (χ3v) is 6.07. The Morgan fingerprint density at radius 2 is 1.60 bits per heavy atom. The molecule has 3 N–H and O–H groups in total. The molecule has 0 aliphatic rings. The number of phenols is 1. The van der Waals surface area contributed by atoms with Crippen molar-refractivity contribution < 1.29 is 24.2 Å². The lowest BCUT2D eigenvalue weighted by Gasteiger charge is -2.31. The first-order valence-electron chi connectivity index (χ1n) is 12.9. The van der Waals surface area contributed by atoms with Gasteiger partial charge in [0.15, 0.2) is 0 Å². The Hall–Kier alpha value is -4.77. The molecule has 0 fully saturated rings. The third-order valence-electron chi connectivity index (χ3n) is 6.07. The summed E-state index contributed by atoms with van der Waals surface area (Å²) in [5.41, 5.74) is 2.51. The van der Waals surface area contributed by atoms with Gasteiger partial charge >= 0.3 is 6.09 Å². The lowest BCUT2D eigenvalue weighted by Crippen LogP contribution is -2.51. The number of ether oxygens (including phenoxy) is 1. The van der Waals surface area contributed by atoms with E-state index in [0.29, 0.717) is 11.3 Å². The highest BCUT2D eigenvalue weighted by Gasteiger charge is 2.36. The summed E-state index contributed by atoms with van der Waals surface area (Å²) in [6, 6.07) is 20.6. The molecule has 0 aliphatic carbocycles. The summed E-state index contributed by atoms with van der Waals surface area (Å²) in [7, 11) is 0. The van der Waals surface area contributed by atoms with Crippen molar-refractivity contribution in [2.75, 3.05) is 5.32 Å². The van der Waals surface area contributed by atoms with Gasteiger partial charge in [-0.15, -0.1) is 0 Å². The van der Waals surface area contributed by atoms with E-state index >= 15 is 0 Å². The van der Waals surface area contributed by atoms with Crippen LogP contribution in [0.15, 0.2) is 72.8 Å². The van der Waals surface area contributed by atoms with Crippen LogP contribution in [0.3, 0.4) is 0 Å². The molecule has 0 bridgehead atoms. The largest absolute Gasteiger partial charge is 0.508 e. The number of anilines is 1. The number of hydrogen-bond donors (Lipinski definition) is 3. The minimum atomic E-state index is -1.32. The molecule has 0 radical (unpaired) electrons. The van der Waals surface area contributed by atoms with Gasteiger partial charge < -0.3 is 20.5 Å². The van der Waals surface area contributed by atoms with Gasteiger partial charge in [0, 0.05) is 18.2 Å². The van der Waals surface area contributed by atoms with Gasteiger partial charge in [0.25, 0.3) is 11.8 Å². The number of benzene rings is 3. The monoisotopic (exact) mass is 541 g/mol. The molecule has 2 atom stereocenters. The Balaban J connectivity index is 2.03. The molecule has 8 heteroatoms. The average Bonchev–Trinajstić information content (AvgIpc) is 2.88. The van der Waals surface area contributed by atoms with Crippen molar-refractivity contribution in [2.24, 2.45) is 0 Å². The van der Waals surface area contributed by atoms with Crippen molar-refractivity contribution in [3.63, 3.8) is 0 Å². The summed E-state index contributed by atoms with van der Waals surface area (Å²) in [5, 5.41) is 15.7. The van der Waals surface area contributed by atoms with Crippen molar-refractivity contribution >= 4 is 23.6 Å². The zero-order chi connectivity index (χ0) is 29.4. The smallest absolute Gasteiger partial charge is 0.408 e. The van der Waals surface area contributed by atoms with Crippen LogP contribution in [0.2, 0.25) is 0 Å². The maximum absolute atomic E-state index is 14.0. The van der Waals surface area contributed by atoms with Crippen LogP contribution in [-0.4, -0.2) is 39.6 Å². The van der Waals surface area contributed by atoms with Crippen LogP contribution in [0.25, 0.3) is 0 Å². The van der Waals surface area contributed by atoms with Crippen molar-refractivity contribution in [3.05, 3.63) is 95.1 Å². The SMILES string of the molecule is C#CN(C(=O)C(Cc1ccccc1)NC(=O)OC(C)(C)C)C(C(=O)Nc1c(C)cccc1C)c1cccc(O)c1. The maximum Gasteiger partial charge on any atom is 0.408 e. The summed E-state index contributed by atoms with van der Waals surface area (Å²) in [6.45, 7) is 8.85. The second kappa shape index (κ2) is 12.9. The van der Waals surface area contributed by atoms with Crippen LogP contribution in [0, 0.1) is 26.3 Å². The molecule has 3 amide bonds. The maximum atomic E-state index is 14.0. The van der Waals surface area contributed by atoms with Crippen LogP contribution < -0.4 is 10.6 Å². The van der Waals surface area contributed by atoms with Crippen LogP contribution in [0.4, 0.5) is 10.5 Å². The van der Waals surface area contributed by atoms with E-state index in [9.17, 15) is 19.5 Å². The molecule has 3 aromatic carbocycles. The number of carbonyl (C=O) groups excluding carboxylic acids is 3. The number of hydrogen-bond acceptors (Lipinski definition) is 5. The molecule has 0 saturated carbocycles. The number of nitrogens with one attached hydrogen (secondary N) is 2. The van der Waals surface area contributed by atoms with Gasteiger partial charge in [0.05, 0.1) is 0 Å². The summed E-state index contributed by atoms with van der Waals surface area (Å²) in [4.78, 5) is 41.6. The van der Waals surface area contributed by atoms with Gasteiger partial charge in [0.1, 0.15) is 23.4 Å². The molecule has 2 unspecified atom stereocenters. The Morgan fingerprint density at radius 1 is 0.975 bits per heavy atom. The number of phenolic OH excluding ortho intramolecular Hbond substituents is 1. The zero-order valence-corrected chi connectivity index (χ0v) is 23.4. The number of aromatic hydroxyl groups is 1. The second-order valence-corrected chi connectivity index (χ2v) is 10.5. The fourth-order valence-corrected chi connectivity index (χ4v) is 4.25. The van der Waals surface area contributed by atoms with Crippen LogP contribution in [-0.2, 0) is 20.7 Å². The number of nitrogens with zero attached hydrogens (tertiary/aromatic N) is 1. The number of rotatable bonds is 8. The van der Waals surface area contributed by atoms with E-state index in [4.69, 9.17) is 11.2 Å². The van der Waals surface area contributed by atoms with E-state index < -0.39 is 35.6 Å². The van der Waals surface area contributed by atoms with Gasteiger partial charge in [-0.05, 0) is 69.0 Å². The molecule has 0 aromatic heterocycles. The molecule has 0 saturated heterocycles. The molecule has 8 nitrogen and oxygen atoms in total. The molecule has 208 valence electrons. The molecular weight excluding hydrogens is 506 g/mol. The fourth-order valence-electron chi connectivity index (χ4n) is 4.25. The van der Waals surface area contributed by atoms with E-state index in [1.54, 1.807) is 32.9 Å². The second-order valence-electron chi connectivity index (χ2n) is 10.5. The molecule has 40 heavy (non-hydrogen) atoms. The van der Waals surface area contributed by atoms with E-state index in [1.165, 1.54) is 12.1 Å². The Labute approximate surface area is 235 Å². The molecule has 3 rings (SSSR count). The lowest BCUT2D eigenvalue weighted by molar-refractivity contribution is -0.136. The van der Waals surface area contributed by atoms with Crippen LogP contribution >= 0.6 is 0 Å². The predicted molar refractivity (Wildman–Crippen MR) is 154 cm³/mol. The lowest BCUT2D eigenvalue weighted by atomic mass is 10.00. The van der Waals surface area contributed by atoms with Gasteiger partial charge in [-0.25, -0.2) is 4.79 Å². The predicted octanol–water partition coefficient (Wildman–Crippen LogP) is 5.24. The summed E-state index contributed by atoms with van der Waals surface area (Å²) >= 11 is 0. The number of aryl methyl sites for hydroxylation is 2. The highest BCUT2D eigenvalue weighted by molar-refractivity contribution is 6.00. The van der Waals surface area contributed by atoms with Gasteiger partial charge in [-0.3, -0.25) is 14.5 Å². The highest BCUT2D eigenvalue weighted by atomic mass is 16.6. The first kappa shape index (κ1) is 29.8. The van der Waals surface area contributed by atoms with Crippen molar-refractivity contribution in [1.82, 2.24) is 10.2 Å². The van der Waals surface area contributed by atoms with Crippen LogP contribution in [0.5, 0.6) is 5.75 Å². The molecule has 0 aliphatic heterocycles. The number of alkyl carbamates (subject to hydrolysis) is 1. The average molecular weight is 542 g/mol. The third kappa shape index (κ3) is 7.87. The number of carbonyl (C=O) groups is 3. The molecule has 0 heterocycles. The summed E-state index contributed by atoms with van der Waals surface area (Å²) in [5.74, 6) is -1.37. The summed E-state index contributed by atoms with van der Waals surface area (Å²) < 4.78 is 5.40. The number of terminal acetylenes is 1. The quantitative estimate of drug-likeness (QED) is 0.267. The van der Waals surface area contributed by atoms with E-state index in [2.05, 4.69) is 16.7 Å². The van der Waals surface area contributed by atoms with Crippen LogP contribution in [0.1, 0.15) is 49.1 Å². The Kier molecular flexibility index (Phi) is 9.57. The molecule has 3 aromatic rings. The van der Waals surface area contributed by atoms with E-state index in [0.717, 1.165) is 21.6 Å². The topological polar surface area (TPSA) is 108 Å². The minimum absolute atomic E-state index is 0.0977. The molecular formula is C32H35N3O5. The Bertz CT molecular complexity index is 1390. The van der Waals surface area contributed by atoms with Gasteiger partial charge in [0.2, 0.25) is 0 Å². The fraction of sp³-hybridized carbons (Fsp3) is 0.281. The normalized spacial score (nSPS) is 12.4. The minimum Gasteiger partial charge on any atom is -0.508 e. The van der Waals surface area contributed by atoms with Gasteiger partial charge in [-0.2, -0.15) is 0 Å². The summed E-state index contributed by atoms with van der Waals surface area (Å²) in [6.07, 6.45) is 5.17. The van der Waals surface area contributed by atoms with E-state index in [1.807, 2.05) is 62.4 Å². The van der Waals surface area contributed by atoms with Crippen molar-refractivity contribution in [2.45, 2.75) is 58.7 Å². The number of amides is 3. The zero-order valence-electron chi connectivity index (χ0n) is 23.4. The standard InChI is InChI=1S/C32H35N3O5/c1-7-35(30(38)26(19-23-15-9-8-10-16-23)33-31(39)40-32(4,5)6)28(24-17-12-18-25(36)20-24)29(37)34-27-21(2)13-11-14-22(27)3/h1,8-18,20,26,28,36H,19H2,2-6H3,(H,33,39)(H,34,37). The first-order valence-corrected chi connectivity index (χ1v) is 12.9. The highest BCUT2D eigenvalue weighted by Crippen LogP contribution is 2.28. The van der Waals surface area contributed by atoms with Crippen molar-refractivity contribution in [1.29, 1.82) is 0 Å². The van der Waals surface area contributed by atoms with Gasteiger partial charge in [-0.1, -0.05) is 67.1 Å². The van der Waals surface area contributed by atoms with E-state index in [-0.39, 0.29) is 12.2 Å². The number of para-hydroxylation sites is 1.